The van der Waals surface area contributed by atoms with E-state index in [2.05, 4.69) is 5.32 Å². The van der Waals surface area contributed by atoms with E-state index in [1.54, 1.807) is 11.3 Å². The monoisotopic (exact) mass is 234 g/mol. The first-order valence-electron chi connectivity index (χ1n) is 4.75. The van der Waals surface area contributed by atoms with Crippen LogP contribution in [0.5, 0.6) is 0 Å². The molecule has 0 spiro atoms. The number of rotatable bonds is 3. The van der Waals surface area contributed by atoms with Crippen LogP contribution in [0.2, 0.25) is 0 Å². The van der Waals surface area contributed by atoms with Crippen molar-refractivity contribution in [2.75, 3.05) is 0 Å². The van der Waals surface area contributed by atoms with Crippen molar-refractivity contribution >= 4 is 17.2 Å². The molecule has 1 amide bonds. The zero-order valence-corrected chi connectivity index (χ0v) is 9.24. The van der Waals surface area contributed by atoms with Crippen LogP contribution in [0.15, 0.2) is 42.0 Å². The van der Waals surface area contributed by atoms with E-state index in [9.17, 15) is 10.0 Å². The van der Waals surface area contributed by atoms with Crippen molar-refractivity contribution in [3.63, 3.8) is 0 Å². The molecule has 0 fully saturated rings. The summed E-state index contributed by atoms with van der Waals surface area (Å²) >= 11 is 1.59. The fourth-order valence-electron chi connectivity index (χ4n) is 1.25. The van der Waals surface area contributed by atoms with Crippen LogP contribution >= 0.6 is 11.3 Å². The molecule has 0 aliphatic carbocycles. The predicted molar refractivity (Wildman–Crippen MR) is 60.9 cm³/mol. The van der Waals surface area contributed by atoms with Crippen molar-refractivity contribution in [3.05, 3.63) is 57.7 Å². The summed E-state index contributed by atoms with van der Waals surface area (Å²) in [5.74, 6) is -0.172. The number of carbonyl (C=O) groups is 1. The second kappa shape index (κ2) is 4.76. The second-order valence-corrected chi connectivity index (χ2v) is 4.24. The lowest BCUT2D eigenvalue weighted by molar-refractivity contribution is -0.605. The third-order valence-corrected chi connectivity index (χ3v) is 2.94. The molecular formula is C11H10N2O2S. The molecule has 0 aliphatic heterocycles. The van der Waals surface area contributed by atoms with E-state index in [-0.39, 0.29) is 5.91 Å². The minimum absolute atomic E-state index is 0.172. The fourth-order valence-corrected chi connectivity index (χ4v) is 1.89. The van der Waals surface area contributed by atoms with Gasteiger partial charge in [-0.15, -0.1) is 11.3 Å². The maximum atomic E-state index is 11.6. The minimum atomic E-state index is -0.172. The normalized spacial score (nSPS) is 10.0. The number of carbonyl (C=O) groups excluding carboxylic acids is 1. The smallest absolute Gasteiger partial charge is 0.252 e. The Kier molecular flexibility index (Phi) is 3.16. The summed E-state index contributed by atoms with van der Waals surface area (Å²) in [6.07, 6.45) is 2.61. The van der Waals surface area contributed by atoms with Gasteiger partial charge in [0.15, 0.2) is 12.4 Å². The lowest BCUT2D eigenvalue weighted by Gasteiger charge is -2.03. The van der Waals surface area contributed by atoms with E-state index in [1.165, 1.54) is 24.5 Å². The molecule has 0 radical (unpaired) electrons. The van der Waals surface area contributed by atoms with E-state index >= 15 is 0 Å². The number of pyridine rings is 1. The maximum absolute atomic E-state index is 11.6. The van der Waals surface area contributed by atoms with Crippen LogP contribution < -0.4 is 10.0 Å². The molecule has 2 aromatic rings. The summed E-state index contributed by atoms with van der Waals surface area (Å²) in [5, 5.41) is 15.5. The number of nitrogens with zero attached hydrogens (tertiary/aromatic N) is 1. The van der Waals surface area contributed by atoms with Gasteiger partial charge in [-0.2, -0.15) is 4.73 Å². The van der Waals surface area contributed by atoms with Crippen molar-refractivity contribution in [1.29, 1.82) is 0 Å². The molecule has 0 aliphatic rings. The van der Waals surface area contributed by atoms with Gasteiger partial charge in [0.05, 0.1) is 12.1 Å². The molecular weight excluding hydrogens is 224 g/mol. The van der Waals surface area contributed by atoms with Crippen LogP contribution in [-0.4, -0.2) is 5.91 Å². The first-order chi connectivity index (χ1) is 7.75. The van der Waals surface area contributed by atoms with Gasteiger partial charge in [0, 0.05) is 17.0 Å². The summed E-state index contributed by atoms with van der Waals surface area (Å²) in [5.41, 5.74) is 0.489. The number of amides is 1. The Balaban J connectivity index is 1.95. The van der Waals surface area contributed by atoms with E-state index in [0.29, 0.717) is 16.8 Å². The van der Waals surface area contributed by atoms with Crippen LogP contribution in [0.4, 0.5) is 0 Å². The average molecular weight is 234 g/mol. The Hall–Kier alpha value is -1.88. The highest BCUT2D eigenvalue weighted by Crippen LogP contribution is 2.07. The van der Waals surface area contributed by atoms with Crippen molar-refractivity contribution in [2.45, 2.75) is 6.54 Å². The molecule has 0 saturated heterocycles. The van der Waals surface area contributed by atoms with Crippen LogP contribution in [0.3, 0.4) is 0 Å². The van der Waals surface area contributed by atoms with Crippen molar-refractivity contribution < 1.29 is 9.52 Å². The third kappa shape index (κ3) is 2.58. The first kappa shape index (κ1) is 10.6. The van der Waals surface area contributed by atoms with Gasteiger partial charge in [-0.25, -0.2) is 0 Å². The Labute approximate surface area is 96.7 Å². The van der Waals surface area contributed by atoms with E-state index in [4.69, 9.17) is 0 Å². The van der Waals surface area contributed by atoms with E-state index in [0.717, 1.165) is 4.88 Å². The number of hydrogen-bond donors (Lipinski definition) is 1. The van der Waals surface area contributed by atoms with Crippen molar-refractivity contribution in [1.82, 2.24) is 5.32 Å². The zero-order chi connectivity index (χ0) is 11.4. The lowest BCUT2D eigenvalue weighted by atomic mass is 10.2. The largest absolute Gasteiger partial charge is 0.619 e. The van der Waals surface area contributed by atoms with Gasteiger partial charge >= 0.3 is 0 Å². The molecule has 2 aromatic heterocycles. The van der Waals surface area contributed by atoms with Crippen LogP contribution in [0.1, 0.15) is 15.2 Å². The van der Waals surface area contributed by atoms with Crippen molar-refractivity contribution in [2.24, 2.45) is 0 Å². The van der Waals surface area contributed by atoms with Gasteiger partial charge in [-0.05, 0) is 11.4 Å². The number of aromatic nitrogens is 1. The standard InChI is InChI=1S/C11H10N2O2S/c14-11(9-3-5-13(15)6-4-9)12-8-10-2-1-7-16-10/h1-7H,8H2,(H,12,14). The first-order valence-corrected chi connectivity index (χ1v) is 5.63. The van der Waals surface area contributed by atoms with Crippen LogP contribution in [0.25, 0.3) is 0 Å². The fraction of sp³-hybridized carbons (Fsp3) is 0.0909. The van der Waals surface area contributed by atoms with E-state index < -0.39 is 0 Å². The van der Waals surface area contributed by atoms with Crippen molar-refractivity contribution in [3.8, 4) is 0 Å². The molecule has 1 N–H and O–H groups in total. The Bertz CT molecular complexity index is 465. The molecule has 82 valence electrons. The predicted octanol–water partition coefficient (Wildman–Crippen LogP) is 1.31. The Morgan fingerprint density at radius 3 is 2.75 bits per heavy atom. The highest BCUT2D eigenvalue weighted by atomic mass is 32.1. The summed E-state index contributed by atoms with van der Waals surface area (Å²) in [7, 11) is 0. The van der Waals surface area contributed by atoms with Gasteiger partial charge in [-0.1, -0.05) is 6.07 Å². The molecule has 16 heavy (non-hydrogen) atoms. The van der Waals surface area contributed by atoms with E-state index in [1.807, 2.05) is 17.5 Å². The summed E-state index contributed by atoms with van der Waals surface area (Å²) in [6, 6.07) is 6.89. The second-order valence-electron chi connectivity index (χ2n) is 3.21. The molecule has 2 heterocycles. The molecule has 0 saturated carbocycles. The number of nitrogens with one attached hydrogen (secondary N) is 1. The molecule has 2 rings (SSSR count). The number of thiophene rings is 1. The maximum Gasteiger partial charge on any atom is 0.252 e. The number of hydrogen-bond acceptors (Lipinski definition) is 3. The van der Waals surface area contributed by atoms with Crippen LogP contribution in [0, 0.1) is 5.21 Å². The topological polar surface area (TPSA) is 56.0 Å². The third-order valence-electron chi connectivity index (χ3n) is 2.07. The minimum Gasteiger partial charge on any atom is -0.619 e. The lowest BCUT2D eigenvalue weighted by Crippen LogP contribution is -2.27. The summed E-state index contributed by atoms with van der Waals surface area (Å²) in [4.78, 5) is 12.7. The highest BCUT2D eigenvalue weighted by molar-refractivity contribution is 7.09. The highest BCUT2D eigenvalue weighted by Gasteiger charge is 2.06. The summed E-state index contributed by atoms with van der Waals surface area (Å²) in [6.45, 7) is 0.517. The van der Waals surface area contributed by atoms with Gasteiger partial charge in [0.2, 0.25) is 0 Å². The summed E-state index contributed by atoms with van der Waals surface area (Å²) < 4.78 is 0.649. The molecule has 4 nitrogen and oxygen atoms in total. The molecule has 0 unspecified atom stereocenters. The SMILES string of the molecule is O=C(NCc1cccs1)c1cc[n+]([O-])cc1. The molecule has 0 aromatic carbocycles. The van der Waals surface area contributed by atoms with Gasteiger partial charge in [0.25, 0.3) is 5.91 Å². The van der Waals surface area contributed by atoms with Crippen LogP contribution in [-0.2, 0) is 6.54 Å². The van der Waals surface area contributed by atoms with Gasteiger partial charge in [-0.3, -0.25) is 4.79 Å². The molecule has 0 bridgehead atoms. The Morgan fingerprint density at radius 2 is 2.12 bits per heavy atom. The quantitative estimate of drug-likeness (QED) is 0.643. The Morgan fingerprint density at radius 1 is 1.38 bits per heavy atom. The zero-order valence-electron chi connectivity index (χ0n) is 8.42. The van der Waals surface area contributed by atoms with Gasteiger partial charge < -0.3 is 10.5 Å². The molecule has 5 heteroatoms. The average Bonchev–Trinajstić information content (AvgIpc) is 2.80. The molecule has 0 atom stereocenters. The van der Waals surface area contributed by atoms with Gasteiger partial charge in [0.1, 0.15) is 0 Å².